The van der Waals surface area contributed by atoms with Crippen molar-refractivity contribution >= 4 is 5.97 Å². The van der Waals surface area contributed by atoms with Crippen LogP contribution < -0.4 is 4.90 Å². The molecule has 1 saturated heterocycles. The standard InChI is InChI=1S/C17H25NO4/c1-10(2)14-6-12(16(20)5-11(14)3)8-18-9-13(19)7-15(18)17(21)22-4/h5-6,10,13,15,19-20H,7-9H2,1-4H3/p+1/t13-,15+/m1/s1. The van der Waals surface area contributed by atoms with Gasteiger partial charge in [0.1, 0.15) is 24.9 Å². The number of esters is 1. The third-order valence-electron chi connectivity index (χ3n) is 4.49. The van der Waals surface area contributed by atoms with E-state index in [1.54, 1.807) is 6.07 Å². The summed E-state index contributed by atoms with van der Waals surface area (Å²) in [6.07, 6.45) is -0.0951. The minimum atomic E-state index is -0.503. The molecule has 1 heterocycles. The van der Waals surface area contributed by atoms with Crippen molar-refractivity contribution < 1.29 is 24.6 Å². The Morgan fingerprint density at radius 3 is 2.73 bits per heavy atom. The van der Waals surface area contributed by atoms with Crippen molar-refractivity contribution in [1.29, 1.82) is 0 Å². The van der Waals surface area contributed by atoms with Crippen molar-refractivity contribution in [3.8, 4) is 5.75 Å². The van der Waals surface area contributed by atoms with Crippen molar-refractivity contribution in [1.82, 2.24) is 0 Å². The smallest absolute Gasteiger partial charge is 0.364 e. The van der Waals surface area contributed by atoms with Crippen LogP contribution >= 0.6 is 0 Å². The summed E-state index contributed by atoms with van der Waals surface area (Å²) in [5.74, 6) is 0.316. The Morgan fingerprint density at radius 1 is 1.45 bits per heavy atom. The Balaban J connectivity index is 2.25. The molecule has 3 atom stereocenters. The van der Waals surface area contributed by atoms with E-state index in [4.69, 9.17) is 4.74 Å². The normalized spacial score (nSPS) is 24.7. The number of nitrogens with one attached hydrogen (secondary N) is 1. The van der Waals surface area contributed by atoms with Crippen LogP contribution in [-0.2, 0) is 16.1 Å². The molecule has 1 aromatic rings. The molecule has 2 rings (SSSR count). The highest BCUT2D eigenvalue weighted by atomic mass is 16.5. The Hall–Kier alpha value is -1.59. The number of methoxy groups -OCH3 is 1. The van der Waals surface area contributed by atoms with Crippen LogP contribution in [0.25, 0.3) is 0 Å². The molecule has 122 valence electrons. The lowest BCUT2D eigenvalue weighted by atomic mass is 9.95. The molecule has 1 aliphatic heterocycles. The molecule has 22 heavy (non-hydrogen) atoms. The average molecular weight is 308 g/mol. The quantitative estimate of drug-likeness (QED) is 0.709. The maximum Gasteiger partial charge on any atom is 0.364 e. The highest BCUT2D eigenvalue weighted by Crippen LogP contribution is 2.27. The zero-order chi connectivity index (χ0) is 16.4. The average Bonchev–Trinajstić information content (AvgIpc) is 2.81. The highest BCUT2D eigenvalue weighted by Gasteiger charge is 2.41. The Bertz CT molecular complexity index is 556. The maximum absolute atomic E-state index is 11.9. The third kappa shape index (κ3) is 3.42. The van der Waals surface area contributed by atoms with Crippen LogP contribution in [-0.4, -0.2) is 42.0 Å². The lowest BCUT2D eigenvalue weighted by Crippen LogP contribution is -3.13. The number of carbonyl (C=O) groups is 1. The first-order valence-electron chi connectivity index (χ1n) is 7.76. The number of hydrogen-bond acceptors (Lipinski definition) is 4. The number of likely N-dealkylation sites (tertiary alicyclic amines) is 1. The lowest BCUT2D eigenvalue weighted by Gasteiger charge is -2.21. The molecule has 1 aromatic carbocycles. The summed E-state index contributed by atoms with van der Waals surface area (Å²) in [6.45, 7) is 7.22. The predicted molar refractivity (Wildman–Crippen MR) is 82.9 cm³/mol. The van der Waals surface area contributed by atoms with Gasteiger partial charge in [0, 0.05) is 12.0 Å². The molecule has 3 N–H and O–H groups in total. The molecule has 5 heteroatoms. The zero-order valence-corrected chi connectivity index (χ0v) is 13.7. The monoisotopic (exact) mass is 308 g/mol. The highest BCUT2D eigenvalue weighted by molar-refractivity contribution is 5.74. The second-order valence-electron chi connectivity index (χ2n) is 6.50. The first kappa shape index (κ1) is 16.8. The maximum atomic E-state index is 11.9. The van der Waals surface area contributed by atoms with Gasteiger partial charge in [0.25, 0.3) is 0 Å². The van der Waals surface area contributed by atoms with Crippen LogP contribution in [0.1, 0.15) is 42.9 Å². The van der Waals surface area contributed by atoms with Gasteiger partial charge in [-0.15, -0.1) is 0 Å². The first-order chi connectivity index (χ1) is 10.3. The van der Waals surface area contributed by atoms with Crippen molar-refractivity contribution in [2.24, 2.45) is 0 Å². The Labute approximate surface area is 131 Å². The molecule has 1 unspecified atom stereocenters. The van der Waals surface area contributed by atoms with E-state index in [9.17, 15) is 15.0 Å². The first-order valence-corrected chi connectivity index (χ1v) is 7.76. The van der Waals surface area contributed by atoms with E-state index in [2.05, 4.69) is 13.8 Å². The van der Waals surface area contributed by atoms with Crippen molar-refractivity contribution in [2.75, 3.05) is 13.7 Å². The van der Waals surface area contributed by atoms with E-state index >= 15 is 0 Å². The van der Waals surface area contributed by atoms with E-state index in [1.807, 2.05) is 13.0 Å². The molecule has 0 bridgehead atoms. The van der Waals surface area contributed by atoms with Gasteiger partial charge in [-0.25, -0.2) is 4.79 Å². The number of hydrogen-bond donors (Lipinski definition) is 3. The summed E-state index contributed by atoms with van der Waals surface area (Å²) in [5, 5.41) is 20.1. The number of aromatic hydroxyl groups is 1. The van der Waals surface area contributed by atoms with Crippen molar-refractivity contribution in [3.63, 3.8) is 0 Å². The molecule has 0 aromatic heterocycles. The van der Waals surface area contributed by atoms with Crippen molar-refractivity contribution in [3.05, 3.63) is 28.8 Å². The summed E-state index contributed by atoms with van der Waals surface area (Å²) >= 11 is 0. The second-order valence-corrected chi connectivity index (χ2v) is 6.50. The van der Waals surface area contributed by atoms with Gasteiger partial charge in [0.05, 0.1) is 7.11 Å². The van der Waals surface area contributed by atoms with Crippen LogP contribution in [0, 0.1) is 6.92 Å². The number of phenolic OH excluding ortho intramolecular Hbond substituents is 1. The minimum absolute atomic E-state index is 0.249. The van der Waals surface area contributed by atoms with Crippen LogP contribution in [0.4, 0.5) is 0 Å². The number of benzene rings is 1. The number of aryl methyl sites for hydroxylation is 1. The van der Waals surface area contributed by atoms with Gasteiger partial charge < -0.3 is 19.8 Å². The number of aliphatic hydroxyl groups excluding tert-OH is 1. The molecule has 0 saturated carbocycles. The van der Waals surface area contributed by atoms with Gasteiger partial charge in [-0.3, -0.25) is 0 Å². The SMILES string of the molecule is COC(=O)[C@@H]1C[C@@H](O)C[NH+]1Cc1cc(C(C)C)c(C)cc1O. The Morgan fingerprint density at radius 2 is 2.14 bits per heavy atom. The van der Waals surface area contributed by atoms with Gasteiger partial charge in [0.15, 0.2) is 6.04 Å². The molecule has 0 aliphatic carbocycles. The fraction of sp³-hybridized carbons (Fsp3) is 0.588. The van der Waals surface area contributed by atoms with E-state index in [1.165, 1.54) is 12.7 Å². The number of phenols is 1. The van der Waals surface area contributed by atoms with Crippen molar-refractivity contribution in [2.45, 2.75) is 51.8 Å². The van der Waals surface area contributed by atoms with Crippen LogP contribution in [0.3, 0.4) is 0 Å². The van der Waals surface area contributed by atoms with Gasteiger partial charge in [0.2, 0.25) is 0 Å². The predicted octanol–water partition coefficient (Wildman–Crippen LogP) is 0.515. The minimum Gasteiger partial charge on any atom is -0.507 e. The number of ether oxygens (including phenoxy) is 1. The van der Waals surface area contributed by atoms with Crippen LogP contribution in [0.2, 0.25) is 0 Å². The molecule has 5 nitrogen and oxygen atoms in total. The number of carbonyl (C=O) groups excluding carboxylic acids is 1. The summed E-state index contributed by atoms with van der Waals surface area (Å²) in [7, 11) is 1.37. The summed E-state index contributed by atoms with van der Waals surface area (Å²) < 4.78 is 4.83. The van der Waals surface area contributed by atoms with Crippen LogP contribution in [0.5, 0.6) is 5.75 Å². The fourth-order valence-corrected chi connectivity index (χ4v) is 3.33. The largest absolute Gasteiger partial charge is 0.507 e. The van der Waals surface area contributed by atoms with E-state index in [0.717, 1.165) is 16.0 Å². The number of rotatable bonds is 4. The second kappa shape index (κ2) is 6.67. The number of quaternary nitrogens is 1. The summed E-state index contributed by atoms with van der Waals surface area (Å²) in [4.78, 5) is 12.8. The van der Waals surface area contributed by atoms with E-state index < -0.39 is 6.10 Å². The Kier molecular flexibility index (Phi) is 5.08. The summed E-state index contributed by atoms with van der Waals surface area (Å²) in [5.41, 5.74) is 3.08. The van der Waals surface area contributed by atoms with Gasteiger partial charge in [-0.05, 0) is 36.1 Å². The molecule has 0 amide bonds. The molecular formula is C17H26NO4+. The molecular weight excluding hydrogens is 282 g/mol. The topological polar surface area (TPSA) is 71.2 Å². The molecule has 1 aliphatic rings. The molecule has 0 spiro atoms. The van der Waals surface area contributed by atoms with Crippen LogP contribution in [0.15, 0.2) is 12.1 Å². The third-order valence-corrected chi connectivity index (χ3v) is 4.49. The van der Waals surface area contributed by atoms with Gasteiger partial charge in [-0.2, -0.15) is 0 Å². The van der Waals surface area contributed by atoms with Gasteiger partial charge >= 0.3 is 5.97 Å². The van der Waals surface area contributed by atoms with Gasteiger partial charge in [-0.1, -0.05) is 13.8 Å². The van der Waals surface area contributed by atoms with E-state index in [-0.39, 0.29) is 17.8 Å². The molecule has 0 radical (unpaired) electrons. The summed E-state index contributed by atoms with van der Waals surface area (Å²) in [6, 6.07) is 3.42. The number of aliphatic hydroxyl groups is 1. The molecule has 1 fully saturated rings. The zero-order valence-electron chi connectivity index (χ0n) is 13.7. The lowest BCUT2D eigenvalue weighted by molar-refractivity contribution is -0.918. The van der Waals surface area contributed by atoms with E-state index in [0.29, 0.717) is 25.4 Å². The fourth-order valence-electron chi connectivity index (χ4n) is 3.33.